The molecule has 0 bridgehead atoms. The Morgan fingerprint density at radius 3 is 2.18 bits per heavy atom. The molecule has 0 amide bonds. The van der Waals surface area contributed by atoms with Gasteiger partial charge in [0, 0.05) is 42.8 Å². The van der Waals surface area contributed by atoms with Gasteiger partial charge < -0.3 is 4.40 Å². The molecule has 3 heterocycles. The zero-order valence-corrected chi connectivity index (χ0v) is 15.3. The van der Waals surface area contributed by atoms with Gasteiger partial charge >= 0.3 is 0 Å². The molecule has 28 heavy (non-hydrogen) atoms. The van der Waals surface area contributed by atoms with Crippen LogP contribution in [0, 0.1) is 11.6 Å². The summed E-state index contributed by atoms with van der Waals surface area (Å²) in [4.78, 5) is 3.92. The predicted octanol–water partition coefficient (Wildman–Crippen LogP) is 6.14. The van der Waals surface area contributed by atoms with Crippen molar-refractivity contribution in [2.24, 2.45) is 7.05 Å². The maximum Gasteiger partial charge on any atom is 0.173 e. The molecule has 0 spiro atoms. The standard InChI is InChI=1S/C15H10F2N4.C6H12.CH4/c1-20-7-11-4-9(5-12(16)14(11)19-20)10-6-13(17)15-18-2-3-21(15)8-10;1-2-4-6-5-3-1;/h2-8H,1H3;1-6H2;1H4. The van der Waals surface area contributed by atoms with Gasteiger partial charge in [-0.15, -0.1) is 0 Å². The highest BCUT2D eigenvalue weighted by atomic mass is 19.1. The van der Waals surface area contributed by atoms with E-state index in [-0.39, 0.29) is 13.1 Å². The summed E-state index contributed by atoms with van der Waals surface area (Å²) in [5.74, 6) is -0.863. The topological polar surface area (TPSA) is 35.1 Å². The van der Waals surface area contributed by atoms with Gasteiger partial charge in [-0.25, -0.2) is 13.8 Å². The molecule has 4 aromatic rings. The molecule has 1 saturated carbocycles. The van der Waals surface area contributed by atoms with Crippen LogP contribution in [0.3, 0.4) is 0 Å². The Balaban J connectivity index is 0.000000278. The monoisotopic (exact) mass is 384 g/mol. The van der Waals surface area contributed by atoms with Crippen LogP contribution in [0.25, 0.3) is 27.7 Å². The molecular formula is C22H26F2N4. The number of aromatic nitrogens is 4. The fourth-order valence-electron chi connectivity index (χ4n) is 3.59. The van der Waals surface area contributed by atoms with E-state index in [0.717, 1.165) is 0 Å². The largest absolute Gasteiger partial charge is 0.304 e. The van der Waals surface area contributed by atoms with Gasteiger partial charge in [0.1, 0.15) is 5.52 Å². The van der Waals surface area contributed by atoms with E-state index in [1.807, 2.05) is 0 Å². The Bertz CT molecular complexity index is 1070. The van der Waals surface area contributed by atoms with Crippen molar-refractivity contribution in [3.63, 3.8) is 0 Å². The smallest absolute Gasteiger partial charge is 0.173 e. The second kappa shape index (κ2) is 8.50. The van der Waals surface area contributed by atoms with Crippen LogP contribution < -0.4 is 0 Å². The molecule has 3 aromatic heterocycles. The summed E-state index contributed by atoms with van der Waals surface area (Å²) in [7, 11) is 1.73. The summed E-state index contributed by atoms with van der Waals surface area (Å²) in [5, 5.41) is 4.74. The molecule has 0 aliphatic heterocycles. The molecule has 0 unspecified atom stereocenters. The molecule has 1 aromatic carbocycles. The fraction of sp³-hybridized carbons (Fsp3) is 0.364. The zero-order valence-electron chi connectivity index (χ0n) is 15.3. The second-order valence-corrected chi connectivity index (χ2v) is 7.05. The van der Waals surface area contributed by atoms with E-state index in [4.69, 9.17) is 0 Å². The Labute approximate surface area is 163 Å². The van der Waals surface area contributed by atoms with Gasteiger partial charge in [0.05, 0.1) is 0 Å². The Morgan fingerprint density at radius 1 is 0.857 bits per heavy atom. The van der Waals surface area contributed by atoms with Crippen molar-refractivity contribution in [1.82, 2.24) is 19.2 Å². The average Bonchev–Trinajstić information content (AvgIpc) is 3.30. The highest BCUT2D eigenvalue weighted by Gasteiger charge is 2.11. The highest BCUT2D eigenvalue weighted by Crippen LogP contribution is 2.27. The summed E-state index contributed by atoms with van der Waals surface area (Å²) < 4.78 is 31.2. The van der Waals surface area contributed by atoms with Gasteiger partial charge in [0.25, 0.3) is 0 Å². The Hall–Kier alpha value is -2.76. The third kappa shape index (κ3) is 4.06. The molecule has 0 atom stereocenters. The van der Waals surface area contributed by atoms with Crippen molar-refractivity contribution in [3.05, 3.63) is 54.6 Å². The molecule has 1 aliphatic carbocycles. The first kappa shape index (κ1) is 20.0. The van der Waals surface area contributed by atoms with E-state index in [9.17, 15) is 8.78 Å². The number of halogens is 2. The van der Waals surface area contributed by atoms with Gasteiger partial charge in [0.15, 0.2) is 17.3 Å². The quantitative estimate of drug-likeness (QED) is 0.395. The third-order valence-electron chi connectivity index (χ3n) is 4.95. The number of hydrogen-bond donors (Lipinski definition) is 0. The van der Waals surface area contributed by atoms with Gasteiger partial charge in [-0.05, 0) is 23.8 Å². The number of hydrogen-bond acceptors (Lipinski definition) is 2. The Morgan fingerprint density at radius 2 is 1.50 bits per heavy atom. The van der Waals surface area contributed by atoms with E-state index in [0.29, 0.717) is 22.0 Å². The summed E-state index contributed by atoms with van der Waals surface area (Å²) >= 11 is 0. The lowest BCUT2D eigenvalue weighted by Crippen LogP contribution is -1.91. The van der Waals surface area contributed by atoms with Crippen LogP contribution in [0.4, 0.5) is 8.78 Å². The van der Waals surface area contributed by atoms with Crippen molar-refractivity contribution in [2.75, 3.05) is 0 Å². The first-order valence-corrected chi connectivity index (χ1v) is 9.37. The number of aryl methyl sites for hydroxylation is 1. The first-order valence-electron chi connectivity index (χ1n) is 9.37. The van der Waals surface area contributed by atoms with Crippen LogP contribution in [0.15, 0.2) is 43.0 Å². The van der Waals surface area contributed by atoms with Crippen LogP contribution in [0.2, 0.25) is 0 Å². The number of benzene rings is 1. The van der Waals surface area contributed by atoms with Crippen LogP contribution >= 0.6 is 0 Å². The summed E-state index contributed by atoms with van der Waals surface area (Å²) in [6.45, 7) is 0. The molecule has 0 radical (unpaired) electrons. The van der Waals surface area contributed by atoms with Gasteiger partial charge in [-0.3, -0.25) is 4.68 Å². The number of pyridine rings is 1. The maximum atomic E-state index is 14.1. The molecule has 6 heteroatoms. The highest BCUT2D eigenvalue weighted by molar-refractivity contribution is 5.84. The minimum Gasteiger partial charge on any atom is -0.304 e. The fourth-order valence-corrected chi connectivity index (χ4v) is 3.59. The Kier molecular flexibility index (Phi) is 6.07. The minimum absolute atomic E-state index is 0. The normalized spacial score (nSPS) is 13.8. The van der Waals surface area contributed by atoms with Crippen molar-refractivity contribution in [2.45, 2.75) is 46.0 Å². The summed E-state index contributed by atoms with van der Waals surface area (Å²) in [5.41, 5.74) is 1.75. The van der Waals surface area contributed by atoms with E-state index in [1.165, 1.54) is 56.9 Å². The van der Waals surface area contributed by atoms with Gasteiger partial charge in [-0.2, -0.15) is 5.10 Å². The molecule has 4 nitrogen and oxygen atoms in total. The summed E-state index contributed by atoms with van der Waals surface area (Å²) in [6.07, 6.45) is 15.6. The minimum atomic E-state index is -0.441. The average molecular weight is 384 g/mol. The number of rotatable bonds is 1. The third-order valence-corrected chi connectivity index (χ3v) is 4.95. The van der Waals surface area contributed by atoms with E-state index in [2.05, 4.69) is 10.1 Å². The van der Waals surface area contributed by atoms with Crippen molar-refractivity contribution in [3.8, 4) is 11.1 Å². The molecule has 1 fully saturated rings. The lowest BCUT2D eigenvalue weighted by Gasteiger charge is -2.05. The SMILES string of the molecule is C.C1CCCCC1.Cn1cc2cc(-c3cc(F)c4nccn4c3)cc(F)c2n1. The molecule has 0 saturated heterocycles. The van der Waals surface area contributed by atoms with E-state index >= 15 is 0 Å². The molecule has 148 valence electrons. The summed E-state index contributed by atoms with van der Waals surface area (Å²) in [6, 6.07) is 4.52. The van der Waals surface area contributed by atoms with Gasteiger partial charge in [0.2, 0.25) is 0 Å². The maximum absolute atomic E-state index is 14.1. The van der Waals surface area contributed by atoms with E-state index < -0.39 is 11.6 Å². The zero-order chi connectivity index (χ0) is 18.8. The molecule has 0 N–H and O–H groups in total. The van der Waals surface area contributed by atoms with Gasteiger partial charge in [-0.1, -0.05) is 46.0 Å². The lowest BCUT2D eigenvalue weighted by atomic mass is 10.0. The van der Waals surface area contributed by atoms with Crippen molar-refractivity contribution >= 4 is 16.6 Å². The molecular weight excluding hydrogens is 358 g/mol. The lowest BCUT2D eigenvalue weighted by molar-refractivity contribution is 0.504. The van der Waals surface area contributed by atoms with Crippen molar-refractivity contribution < 1.29 is 8.78 Å². The molecule has 1 aliphatic rings. The van der Waals surface area contributed by atoms with Crippen molar-refractivity contribution in [1.29, 1.82) is 0 Å². The van der Waals surface area contributed by atoms with Crippen LogP contribution in [-0.4, -0.2) is 19.2 Å². The number of fused-ring (bicyclic) bond motifs is 2. The predicted molar refractivity (Wildman–Crippen MR) is 109 cm³/mol. The first-order chi connectivity index (χ1) is 13.1. The second-order valence-electron chi connectivity index (χ2n) is 7.05. The molecule has 5 rings (SSSR count). The number of nitrogens with zero attached hydrogens (tertiary/aromatic N) is 4. The van der Waals surface area contributed by atoms with Crippen LogP contribution in [0.5, 0.6) is 0 Å². The number of imidazole rings is 1. The van der Waals surface area contributed by atoms with Crippen LogP contribution in [-0.2, 0) is 7.05 Å². The van der Waals surface area contributed by atoms with E-state index in [1.54, 1.807) is 40.8 Å². The van der Waals surface area contributed by atoms with Crippen LogP contribution in [0.1, 0.15) is 46.0 Å².